The minimum absolute atomic E-state index is 0.118. The molecule has 0 radical (unpaired) electrons. The number of anilines is 3. The molecule has 4 heteroatoms. The van der Waals surface area contributed by atoms with Crippen LogP contribution in [0, 0.1) is 0 Å². The van der Waals surface area contributed by atoms with Gasteiger partial charge in [0.2, 0.25) is 0 Å². The van der Waals surface area contributed by atoms with E-state index in [2.05, 4.69) is 263 Å². The largest absolute Gasteiger partial charge is 0.455 e. The van der Waals surface area contributed by atoms with Crippen LogP contribution in [0.3, 0.4) is 0 Å². The first-order valence-electron chi connectivity index (χ1n) is 26.9. The molecule has 0 N–H and O–H groups in total. The molecule has 2 aliphatic heterocycles. The Bertz CT molecular complexity index is 4800. The molecule has 0 saturated carbocycles. The molecule has 0 saturated heterocycles. The van der Waals surface area contributed by atoms with Crippen molar-refractivity contribution in [1.82, 2.24) is 4.48 Å². The number of furan rings is 1. The molecule has 0 unspecified atom stereocenters. The average molecular weight is 973 g/mol. The van der Waals surface area contributed by atoms with Gasteiger partial charge in [-0.1, -0.05) is 211 Å². The molecule has 4 heterocycles. The van der Waals surface area contributed by atoms with Crippen molar-refractivity contribution >= 4 is 122 Å². The van der Waals surface area contributed by atoms with Crippen molar-refractivity contribution in [3.63, 3.8) is 0 Å². The fourth-order valence-electron chi connectivity index (χ4n) is 13.6. The van der Waals surface area contributed by atoms with E-state index in [1.165, 1.54) is 132 Å². The van der Waals surface area contributed by atoms with Crippen molar-refractivity contribution in [1.29, 1.82) is 0 Å². The number of hydrogen-bond donors (Lipinski definition) is 0. The van der Waals surface area contributed by atoms with Crippen molar-refractivity contribution < 1.29 is 4.42 Å². The van der Waals surface area contributed by atoms with Gasteiger partial charge in [-0.15, -0.1) is 0 Å². The van der Waals surface area contributed by atoms with Crippen LogP contribution in [0.2, 0.25) is 0 Å². The molecule has 0 amide bonds. The molecule has 0 bridgehead atoms. The van der Waals surface area contributed by atoms with Crippen molar-refractivity contribution in [3.05, 3.63) is 223 Å². The second-order valence-electron chi connectivity index (χ2n) is 23.6. The number of para-hydroxylation sites is 1. The van der Waals surface area contributed by atoms with Crippen LogP contribution in [0.15, 0.2) is 217 Å². The highest BCUT2D eigenvalue weighted by atomic mass is 16.3. The molecule has 16 rings (SSSR count). The summed E-state index contributed by atoms with van der Waals surface area (Å²) in [6.45, 7) is 13.9. The van der Waals surface area contributed by atoms with E-state index in [-0.39, 0.29) is 17.7 Å². The number of rotatable bonds is 3. The second-order valence-corrected chi connectivity index (χ2v) is 23.6. The van der Waals surface area contributed by atoms with E-state index in [4.69, 9.17) is 4.42 Å². The highest BCUT2D eigenvalue weighted by molar-refractivity contribution is 6.90. The Balaban J connectivity index is 1.18. The molecule has 0 fully saturated rings. The fraction of sp³-hybridized carbons (Fsp3) is 0.111. The van der Waals surface area contributed by atoms with Crippen molar-refractivity contribution in [2.24, 2.45) is 0 Å². The topological polar surface area (TPSA) is 21.3 Å². The van der Waals surface area contributed by atoms with Crippen LogP contribution in [-0.2, 0) is 10.8 Å². The van der Waals surface area contributed by atoms with Gasteiger partial charge in [-0.3, -0.25) is 0 Å². The lowest BCUT2D eigenvalue weighted by Crippen LogP contribution is -2.56. The maximum Gasteiger partial charge on any atom is 0.333 e. The summed E-state index contributed by atoms with van der Waals surface area (Å²) in [6, 6.07) is 80.3. The number of hydrogen-bond acceptors (Lipinski definition) is 2. The van der Waals surface area contributed by atoms with Crippen LogP contribution in [0.4, 0.5) is 17.1 Å². The second kappa shape index (κ2) is 15.4. The number of nitrogens with zero attached hydrogens (tertiary/aromatic N) is 2. The summed E-state index contributed by atoms with van der Waals surface area (Å²) in [7, 11) is 0. The lowest BCUT2D eigenvalue weighted by Gasteiger charge is -2.41. The Hall–Kier alpha value is -8.86. The summed E-state index contributed by atoms with van der Waals surface area (Å²) in [5.74, 6) is 0. The Morgan fingerprint density at radius 2 is 0.947 bits per heavy atom. The molecular formula is C72H53BN2O. The van der Waals surface area contributed by atoms with Gasteiger partial charge in [-0.2, -0.15) is 0 Å². The normalized spacial score (nSPS) is 13.3. The van der Waals surface area contributed by atoms with Crippen LogP contribution in [-0.4, -0.2) is 11.3 Å². The van der Waals surface area contributed by atoms with E-state index in [1.54, 1.807) is 0 Å². The molecule has 76 heavy (non-hydrogen) atoms. The molecule has 360 valence electrons. The van der Waals surface area contributed by atoms with E-state index < -0.39 is 0 Å². The first-order chi connectivity index (χ1) is 37.0. The first kappa shape index (κ1) is 43.5. The molecule has 0 atom stereocenters. The Kier molecular flexibility index (Phi) is 8.80. The molecule has 2 aliphatic rings. The number of benzene rings is 12. The molecule has 3 nitrogen and oxygen atoms in total. The molecule has 0 aliphatic carbocycles. The van der Waals surface area contributed by atoms with E-state index in [1.807, 2.05) is 0 Å². The third-order valence-electron chi connectivity index (χ3n) is 17.1. The van der Waals surface area contributed by atoms with Gasteiger partial charge in [0.15, 0.2) is 0 Å². The smallest absolute Gasteiger partial charge is 0.333 e. The summed E-state index contributed by atoms with van der Waals surface area (Å²) in [6.07, 6.45) is 0. The van der Waals surface area contributed by atoms with Gasteiger partial charge in [0.05, 0.1) is 0 Å². The number of aromatic nitrogens is 1. The fourth-order valence-corrected chi connectivity index (χ4v) is 13.6. The SMILES string of the molecule is CC(C)(C)c1cc(N2c3cc4c(-c5ccccc5)c5ccccc5c(-c5ccccc5)c4cc3B3c4c2cc2c(oc5ccccc52)c4-c2cc4ccccc4c4c5c6ccccc6ccc5n3c24)cc(C(C)(C)C)c1. The molecule has 14 aromatic rings. The molecule has 0 spiro atoms. The van der Waals surface area contributed by atoms with Gasteiger partial charge in [0.25, 0.3) is 0 Å². The van der Waals surface area contributed by atoms with Crippen molar-refractivity contribution in [2.75, 3.05) is 4.90 Å². The Morgan fingerprint density at radius 1 is 0.408 bits per heavy atom. The summed E-state index contributed by atoms with van der Waals surface area (Å²) in [5.41, 5.74) is 20.0. The zero-order chi connectivity index (χ0) is 50.9. The maximum absolute atomic E-state index is 7.31. The summed E-state index contributed by atoms with van der Waals surface area (Å²) < 4.78 is 10.1. The van der Waals surface area contributed by atoms with Crippen LogP contribution in [0.1, 0.15) is 52.7 Å². The highest BCUT2D eigenvalue weighted by Crippen LogP contribution is 2.54. The molecular weight excluding hydrogens is 920 g/mol. The average Bonchev–Trinajstić information content (AvgIpc) is 4.04. The zero-order valence-electron chi connectivity index (χ0n) is 43.6. The zero-order valence-corrected chi connectivity index (χ0v) is 43.6. The predicted octanol–water partition coefficient (Wildman–Crippen LogP) is 18.7. The van der Waals surface area contributed by atoms with Crippen LogP contribution >= 0.6 is 0 Å². The minimum Gasteiger partial charge on any atom is -0.455 e. The quantitative estimate of drug-likeness (QED) is 0.130. The molecule has 12 aromatic carbocycles. The standard InChI is InChI=1S/C72H53BN2O/c1-71(2,3)46-36-47(72(4,5)6)38-48(37-46)74-60-40-55-54(63(43-22-9-7-10-23-43)52-30-17-18-31-53(52)64(55)44-24-11-8-12-25-44)39-58(60)73-68-61(74)41-56-51-29-19-20-32-62(51)76-70(56)67(68)57-35-45-26-14-16-28-50(45)66-65-49-27-15-13-21-42(49)33-34-59(65)75(73)69(57)66/h7-41H,1-6H3. The third-order valence-corrected chi connectivity index (χ3v) is 17.1. The summed E-state index contributed by atoms with van der Waals surface area (Å²) in [4.78, 5) is 2.66. The van der Waals surface area contributed by atoms with E-state index in [0.29, 0.717) is 0 Å². The Morgan fingerprint density at radius 3 is 1.59 bits per heavy atom. The van der Waals surface area contributed by atoms with E-state index in [9.17, 15) is 0 Å². The van der Waals surface area contributed by atoms with Crippen LogP contribution in [0.5, 0.6) is 0 Å². The van der Waals surface area contributed by atoms with Crippen molar-refractivity contribution in [2.45, 2.75) is 52.4 Å². The van der Waals surface area contributed by atoms with Gasteiger partial charge in [-0.05, 0) is 141 Å². The molecule has 2 aromatic heterocycles. The summed E-state index contributed by atoms with van der Waals surface area (Å²) in [5, 5.41) is 14.8. The minimum atomic E-state index is -0.240. The Labute approximate surface area is 442 Å². The highest BCUT2D eigenvalue weighted by Gasteiger charge is 2.46. The lowest BCUT2D eigenvalue weighted by molar-refractivity contribution is 0.569. The maximum atomic E-state index is 7.31. The van der Waals surface area contributed by atoms with E-state index in [0.717, 1.165) is 27.6 Å². The summed E-state index contributed by atoms with van der Waals surface area (Å²) >= 11 is 0. The van der Waals surface area contributed by atoms with Gasteiger partial charge in [0, 0.05) is 60.8 Å². The van der Waals surface area contributed by atoms with Crippen molar-refractivity contribution in [3.8, 4) is 33.4 Å². The monoisotopic (exact) mass is 972 g/mol. The lowest BCUT2D eigenvalue weighted by atomic mass is 9.44. The first-order valence-corrected chi connectivity index (χ1v) is 26.9. The van der Waals surface area contributed by atoms with Crippen LogP contribution in [0.25, 0.3) is 120 Å². The van der Waals surface area contributed by atoms with Gasteiger partial charge >= 0.3 is 6.85 Å². The third kappa shape index (κ3) is 5.96. The van der Waals surface area contributed by atoms with Gasteiger partial charge in [0.1, 0.15) is 11.2 Å². The van der Waals surface area contributed by atoms with Gasteiger partial charge in [-0.25, -0.2) is 0 Å². The number of fused-ring (bicyclic) bond motifs is 17. The van der Waals surface area contributed by atoms with Crippen LogP contribution < -0.4 is 15.8 Å². The van der Waals surface area contributed by atoms with E-state index >= 15 is 0 Å². The predicted molar refractivity (Wildman–Crippen MR) is 326 cm³/mol. The van der Waals surface area contributed by atoms with Gasteiger partial charge < -0.3 is 13.8 Å².